The Morgan fingerprint density at radius 3 is 2.55 bits per heavy atom. The van der Waals surface area contributed by atoms with E-state index in [2.05, 4.69) is 0 Å². The topological polar surface area (TPSA) is 61.8 Å². The van der Waals surface area contributed by atoms with E-state index >= 15 is 0 Å². The maximum atomic E-state index is 12.2. The van der Waals surface area contributed by atoms with Gasteiger partial charge in [0.1, 0.15) is 5.75 Å². The number of aliphatic hydroxyl groups excluding tert-OH is 1. The molecule has 2 unspecified atom stereocenters. The van der Waals surface area contributed by atoms with E-state index in [1.54, 1.807) is 6.92 Å². The first-order valence-corrected chi connectivity index (χ1v) is 8.17. The molecule has 0 saturated carbocycles. The molecule has 4 nitrogen and oxygen atoms in total. The van der Waals surface area contributed by atoms with E-state index in [0.717, 1.165) is 10.5 Å². The zero-order valence-corrected chi connectivity index (χ0v) is 13.0. The van der Waals surface area contributed by atoms with Crippen LogP contribution in [0.2, 0.25) is 0 Å². The summed E-state index contributed by atoms with van der Waals surface area (Å²) < 4.78 is 23.4. The third-order valence-corrected chi connectivity index (χ3v) is 4.72. The Hall–Kier alpha value is -0.590. The Morgan fingerprint density at radius 2 is 2.05 bits per heavy atom. The summed E-state index contributed by atoms with van der Waals surface area (Å²) in [5, 5.41) is 9.44. The Kier molecular flexibility index (Phi) is 5.09. The van der Waals surface area contributed by atoms with Gasteiger partial charge in [0.15, 0.2) is 10.7 Å². The molecule has 0 radical (unpaired) electrons. The number of ether oxygens (including phenoxy) is 2. The lowest BCUT2D eigenvalue weighted by Gasteiger charge is -2.17. The molecule has 0 spiro atoms. The van der Waals surface area contributed by atoms with E-state index in [4.69, 9.17) is 9.47 Å². The molecular formula is C15H22O4S. The van der Waals surface area contributed by atoms with Gasteiger partial charge in [0.2, 0.25) is 0 Å². The summed E-state index contributed by atoms with van der Waals surface area (Å²) in [6, 6.07) is 7.26. The van der Waals surface area contributed by atoms with Crippen molar-refractivity contribution in [3.63, 3.8) is 0 Å². The molecule has 0 aromatic heterocycles. The van der Waals surface area contributed by atoms with Gasteiger partial charge in [0, 0.05) is 6.42 Å². The van der Waals surface area contributed by atoms with E-state index < -0.39 is 23.1 Å². The summed E-state index contributed by atoms with van der Waals surface area (Å²) in [7, 11) is 0. The first-order chi connectivity index (χ1) is 9.37. The molecule has 1 fully saturated rings. The first-order valence-electron chi connectivity index (χ1n) is 6.85. The number of aliphatic hydroxyl groups is 1. The van der Waals surface area contributed by atoms with Gasteiger partial charge in [-0.05, 0) is 49.6 Å². The highest BCUT2D eigenvalue weighted by atomic mass is 32.2. The third-order valence-electron chi connectivity index (χ3n) is 3.32. The van der Waals surface area contributed by atoms with Crippen LogP contribution in [0.4, 0.5) is 0 Å². The van der Waals surface area contributed by atoms with Gasteiger partial charge in [0.25, 0.3) is 0 Å². The average molecular weight is 298 g/mol. The Balaban J connectivity index is 1.84. The molecule has 1 aliphatic rings. The van der Waals surface area contributed by atoms with Crippen LogP contribution in [-0.2, 0) is 20.6 Å². The Labute approximate surface area is 123 Å². The molecule has 1 N–H and O–H groups in total. The highest BCUT2D eigenvalue weighted by Gasteiger charge is 2.33. The SMILES string of the molecule is CC(O)c1ccc([S+]([O-])CC[C@H]2COC(C)(C)O2)cc1. The quantitative estimate of drug-likeness (QED) is 0.848. The standard InChI is InChI=1S/C15H22O4S/c1-11(16)12-4-6-14(7-5-12)20(17)9-8-13-10-18-15(2,3)19-13/h4-7,11,13,16H,8-10H2,1-3H3/t11?,13-,20?/m0/s1. The highest BCUT2D eigenvalue weighted by molar-refractivity contribution is 7.91. The third kappa shape index (κ3) is 4.20. The second kappa shape index (κ2) is 6.45. The van der Waals surface area contributed by atoms with Crippen molar-refractivity contribution in [2.45, 2.75) is 50.1 Å². The molecule has 0 bridgehead atoms. The van der Waals surface area contributed by atoms with Gasteiger partial charge in [-0.2, -0.15) is 0 Å². The monoisotopic (exact) mass is 298 g/mol. The van der Waals surface area contributed by atoms with Crippen LogP contribution >= 0.6 is 0 Å². The Morgan fingerprint density at radius 1 is 1.40 bits per heavy atom. The summed E-state index contributed by atoms with van der Waals surface area (Å²) in [6.45, 7) is 6.05. The van der Waals surface area contributed by atoms with Crippen molar-refractivity contribution in [3.8, 4) is 0 Å². The van der Waals surface area contributed by atoms with Gasteiger partial charge >= 0.3 is 0 Å². The maximum absolute atomic E-state index is 12.2. The zero-order valence-electron chi connectivity index (χ0n) is 12.2. The van der Waals surface area contributed by atoms with E-state index in [1.165, 1.54) is 0 Å². The predicted octanol–water partition coefficient (Wildman–Crippen LogP) is 2.39. The van der Waals surface area contributed by atoms with E-state index in [9.17, 15) is 9.66 Å². The predicted molar refractivity (Wildman–Crippen MR) is 77.9 cm³/mol. The van der Waals surface area contributed by atoms with Gasteiger partial charge < -0.3 is 19.1 Å². The molecule has 20 heavy (non-hydrogen) atoms. The van der Waals surface area contributed by atoms with Crippen LogP contribution < -0.4 is 0 Å². The van der Waals surface area contributed by atoms with Gasteiger partial charge in [-0.25, -0.2) is 0 Å². The molecule has 0 amide bonds. The summed E-state index contributed by atoms with van der Waals surface area (Å²) in [5.74, 6) is 0.0310. The normalized spacial score (nSPS) is 24.6. The minimum Gasteiger partial charge on any atom is -0.611 e. The van der Waals surface area contributed by atoms with Crippen LogP contribution in [0.5, 0.6) is 0 Å². The van der Waals surface area contributed by atoms with Crippen LogP contribution in [0, 0.1) is 0 Å². The van der Waals surface area contributed by atoms with Crippen molar-refractivity contribution in [2.24, 2.45) is 0 Å². The molecule has 1 aromatic rings. The molecular weight excluding hydrogens is 276 g/mol. The van der Waals surface area contributed by atoms with Crippen molar-refractivity contribution in [3.05, 3.63) is 29.8 Å². The van der Waals surface area contributed by atoms with Crippen LogP contribution in [-0.4, -0.2) is 33.9 Å². The lowest BCUT2D eigenvalue weighted by Crippen LogP contribution is -2.23. The molecule has 3 atom stereocenters. The molecule has 1 heterocycles. The fourth-order valence-electron chi connectivity index (χ4n) is 2.16. The lowest BCUT2D eigenvalue weighted by atomic mass is 10.1. The summed E-state index contributed by atoms with van der Waals surface area (Å²) in [4.78, 5) is 0.785. The fraction of sp³-hybridized carbons (Fsp3) is 0.600. The van der Waals surface area contributed by atoms with Crippen molar-refractivity contribution in [1.29, 1.82) is 0 Å². The van der Waals surface area contributed by atoms with E-state index in [-0.39, 0.29) is 6.10 Å². The summed E-state index contributed by atoms with van der Waals surface area (Å²) in [5.41, 5.74) is 0.833. The molecule has 112 valence electrons. The number of rotatable bonds is 5. The van der Waals surface area contributed by atoms with Gasteiger partial charge in [-0.1, -0.05) is 12.1 Å². The maximum Gasteiger partial charge on any atom is 0.163 e. The van der Waals surface area contributed by atoms with Crippen LogP contribution in [0.1, 0.15) is 38.9 Å². The largest absolute Gasteiger partial charge is 0.611 e. The van der Waals surface area contributed by atoms with Gasteiger partial charge in [0.05, 0.1) is 18.8 Å². The molecule has 5 heteroatoms. The van der Waals surface area contributed by atoms with Crippen molar-refractivity contribution < 1.29 is 19.1 Å². The van der Waals surface area contributed by atoms with Gasteiger partial charge in [-0.3, -0.25) is 0 Å². The number of hydrogen-bond acceptors (Lipinski definition) is 4. The molecule has 0 aliphatic carbocycles. The molecule has 2 rings (SSSR count). The summed E-state index contributed by atoms with van der Waals surface area (Å²) in [6.07, 6.45) is 0.239. The number of hydrogen-bond donors (Lipinski definition) is 1. The highest BCUT2D eigenvalue weighted by Crippen LogP contribution is 2.25. The van der Waals surface area contributed by atoms with Crippen molar-refractivity contribution in [2.75, 3.05) is 12.4 Å². The van der Waals surface area contributed by atoms with Crippen molar-refractivity contribution >= 4 is 11.2 Å². The minimum absolute atomic E-state index is 0.0192. The second-order valence-corrected chi connectivity index (χ2v) is 7.10. The van der Waals surface area contributed by atoms with Crippen LogP contribution in [0.3, 0.4) is 0 Å². The number of benzene rings is 1. The van der Waals surface area contributed by atoms with Crippen LogP contribution in [0.25, 0.3) is 0 Å². The van der Waals surface area contributed by atoms with E-state index in [1.807, 2.05) is 38.1 Å². The van der Waals surface area contributed by atoms with Crippen molar-refractivity contribution in [1.82, 2.24) is 0 Å². The smallest absolute Gasteiger partial charge is 0.163 e. The van der Waals surface area contributed by atoms with Crippen LogP contribution in [0.15, 0.2) is 29.2 Å². The minimum atomic E-state index is -1.04. The Bertz CT molecular complexity index is 430. The van der Waals surface area contributed by atoms with Gasteiger partial charge in [-0.15, -0.1) is 0 Å². The molecule has 1 saturated heterocycles. The second-order valence-electron chi connectivity index (χ2n) is 5.53. The first kappa shape index (κ1) is 15.8. The fourth-order valence-corrected chi connectivity index (χ4v) is 3.31. The average Bonchev–Trinajstić information content (AvgIpc) is 2.75. The lowest BCUT2D eigenvalue weighted by molar-refractivity contribution is -0.138. The summed E-state index contributed by atoms with van der Waals surface area (Å²) >= 11 is -1.04. The van der Waals surface area contributed by atoms with E-state index in [0.29, 0.717) is 18.8 Å². The molecule has 1 aliphatic heterocycles. The molecule has 1 aromatic carbocycles. The zero-order chi connectivity index (χ0) is 14.8.